The monoisotopic (exact) mass is 1410 g/mol. The molecule has 5 aliphatic heterocycles. The van der Waals surface area contributed by atoms with Gasteiger partial charge in [0.1, 0.15) is 35.6 Å². The molecule has 6 N–H and O–H groups in total. The van der Waals surface area contributed by atoms with E-state index in [9.17, 15) is 53.1 Å². The minimum Gasteiger partial charge on any atom is -0.462 e. The molecule has 0 radical (unpaired) electrons. The smallest absolute Gasteiger partial charge is 0.335 e. The molecule has 7 rings (SSSR count). The number of nitrogens with two attached hydrogens (primary N) is 1. The molecule has 0 unspecified atom stereocenters. The highest BCUT2D eigenvalue weighted by molar-refractivity contribution is 7.80. The molecule has 5 aliphatic rings. The standard InChI is InChI=1S/C69H95ClN8O19S/c1-40(2)48(36-56(98)72-22-26-92-30-29-91-25-20-60(83)97-78-57(80)18-19-58(78)81)64(85)74-49(14-12-21-73-67(71)88)52(79)35-46-16-17-47(34-50(46)77-23-27-93-28-24-77)65(86)75(8)44(6)66(87)95-55-37-59(82)76(9)51-33-45(32-42(4)62(51)70)31-41(3)13-11-15-54(90-10)69(89)38-53(94-61(84)39-69)43(5)63-68(55,7)96-63/h11,13,15-17,32-34,40,43-44,48-49,53-55,63,89H,12,14,18-31,35-39H2,1-10H3,(H,72,98)(H,74,85)(H3,71,73,88)/b15-11+,41-13+/t43-,44+,48+,49+,53+,54-,55+,63+,68+,69-/m1/s1. The lowest BCUT2D eigenvalue weighted by atomic mass is 9.78. The number of rotatable bonds is 28. The predicted molar refractivity (Wildman–Crippen MR) is 363 cm³/mol. The van der Waals surface area contributed by atoms with Crippen molar-refractivity contribution in [3.8, 4) is 0 Å². The normalized spacial score (nSPS) is 24.6. The fourth-order valence-electron chi connectivity index (χ4n) is 12.5. The summed E-state index contributed by atoms with van der Waals surface area (Å²) in [4.78, 5) is 143. The van der Waals surface area contributed by atoms with E-state index in [1.807, 2.05) is 50.8 Å². The average Bonchev–Trinajstić information content (AvgIpc) is 1.57. The third kappa shape index (κ3) is 20.8. The Labute approximate surface area is 582 Å². The first-order chi connectivity index (χ1) is 46.4. The number of allylic oxidation sites excluding steroid dienone is 3. The number of esters is 2. The number of hydroxylamine groups is 2. The summed E-state index contributed by atoms with van der Waals surface area (Å²) in [7, 11) is 4.49. The van der Waals surface area contributed by atoms with E-state index >= 15 is 0 Å². The molecule has 2 aromatic carbocycles. The molecule has 4 fully saturated rings. The zero-order valence-corrected chi connectivity index (χ0v) is 59.2. The number of benzene rings is 2. The summed E-state index contributed by atoms with van der Waals surface area (Å²) in [5, 5.41) is 21.6. The molecule has 5 heterocycles. The number of fused-ring (bicyclic) bond motifs is 5. The van der Waals surface area contributed by atoms with E-state index in [4.69, 9.17) is 67.5 Å². The molecular weight excluding hydrogens is 1310 g/mol. The van der Waals surface area contributed by atoms with Crippen molar-refractivity contribution in [2.75, 3.05) is 96.8 Å². The molecule has 29 heteroatoms. The number of likely N-dealkylation sites (N-methyl/N-ethyl adjacent to an activating group) is 1. The summed E-state index contributed by atoms with van der Waals surface area (Å²) in [6.45, 7) is 15.0. The number of nitrogens with zero attached hydrogens (tertiary/aromatic N) is 4. The lowest BCUT2D eigenvalue weighted by molar-refractivity contribution is -0.198. The number of carbonyl (C=O) groups is 10. The Balaban J connectivity index is 1.03. The van der Waals surface area contributed by atoms with E-state index in [0.29, 0.717) is 71.3 Å². The lowest BCUT2D eigenvalue weighted by Gasteiger charge is -2.41. The number of halogens is 1. The van der Waals surface area contributed by atoms with Crippen LogP contribution in [0.3, 0.4) is 0 Å². The Kier molecular flexibility index (Phi) is 28.3. The number of hydrogen-bond acceptors (Lipinski definition) is 21. The molecule has 98 heavy (non-hydrogen) atoms. The summed E-state index contributed by atoms with van der Waals surface area (Å²) in [6.07, 6.45) is 1.52. The number of nitrogens with one attached hydrogen (secondary N) is 3. The first-order valence-corrected chi connectivity index (χ1v) is 34.0. The number of aryl methyl sites for hydroxylation is 1. The van der Waals surface area contributed by atoms with Crippen LogP contribution in [-0.2, 0) is 89.2 Å². The van der Waals surface area contributed by atoms with Crippen molar-refractivity contribution in [3.63, 3.8) is 0 Å². The van der Waals surface area contributed by atoms with Gasteiger partial charge in [-0.25, -0.2) is 14.4 Å². The Bertz CT molecular complexity index is 3330. The van der Waals surface area contributed by atoms with Crippen LogP contribution in [0.2, 0.25) is 5.02 Å². The molecule has 4 bridgehead atoms. The van der Waals surface area contributed by atoms with Crippen LogP contribution in [-0.4, -0.2) is 214 Å². The highest BCUT2D eigenvalue weighted by Crippen LogP contribution is 2.50. The van der Waals surface area contributed by atoms with Crippen molar-refractivity contribution in [2.45, 2.75) is 167 Å². The Morgan fingerprint density at radius 2 is 1.62 bits per heavy atom. The minimum atomic E-state index is -1.66. The number of urea groups is 1. The quantitative estimate of drug-likeness (QED) is 0.0249. The number of Topliss-reactive ketones (excluding diaryl/α,β-unsaturated/α-hetero) is 1. The fourth-order valence-corrected chi connectivity index (χ4v) is 13.0. The van der Waals surface area contributed by atoms with Crippen LogP contribution in [0.25, 0.3) is 0 Å². The summed E-state index contributed by atoms with van der Waals surface area (Å²) in [6, 6.07) is 5.61. The van der Waals surface area contributed by atoms with E-state index in [2.05, 4.69) is 16.0 Å². The molecule has 538 valence electrons. The molecule has 2 aromatic rings. The van der Waals surface area contributed by atoms with Crippen LogP contribution in [0.4, 0.5) is 16.2 Å². The highest BCUT2D eigenvalue weighted by atomic mass is 35.5. The lowest BCUT2D eigenvalue weighted by Crippen LogP contribution is -2.53. The van der Waals surface area contributed by atoms with Crippen molar-refractivity contribution < 1.29 is 91.0 Å². The van der Waals surface area contributed by atoms with Gasteiger partial charge in [0.2, 0.25) is 11.8 Å². The van der Waals surface area contributed by atoms with Crippen LogP contribution >= 0.6 is 23.8 Å². The topological polar surface area (TPSA) is 343 Å². The number of ether oxygens (including phenoxy) is 7. The molecule has 0 saturated carbocycles. The van der Waals surface area contributed by atoms with Crippen molar-refractivity contribution >= 4 is 99.4 Å². The molecular formula is C69H95ClN8O19S. The number of anilines is 2. The molecule has 0 spiro atoms. The van der Waals surface area contributed by atoms with Crippen LogP contribution < -0.4 is 31.5 Å². The van der Waals surface area contributed by atoms with Gasteiger partial charge < -0.3 is 79.5 Å². The van der Waals surface area contributed by atoms with Gasteiger partial charge in [-0.15, -0.1) is 5.06 Å². The van der Waals surface area contributed by atoms with Gasteiger partial charge in [0.25, 0.3) is 17.7 Å². The second kappa shape index (κ2) is 35.6. The van der Waals surface area contributed by atoms with Gasteiger partial charge in [-0.1, -0.05) is 80.5 Å². The molecule has 10 atom stereocenters. The van der Waals surface area contributed by atoms with Gasteiger partial charge in [-0.3, -0.25) is 33.6 Å². The van der Waals surface area contributed by atoms with Crippen molar-refractivity contribution in [1.82, 2.24) is 25.9 Å². The number of hydrogen-bond donors (Lipinski definition) is 5. The van der Waals surface area contributed by atoms with E-state index in [1.165, 1.54) is 30.9 Å². The zero-order chi connectivity index (χ0) is 71.8. The Hall–Kier alpha value is -7.44. The van der Waals surface area contributed by atoms with E-state index in [-0.39, 0.29) is 108 Å². The average molecular weight is 1410 g/mol. The van der Waals surface area contributed by atoms with Crippen molar-refractivity contribution in [1.29, 1.82) is 0 Å². The number of thiocarbonyl (C=S) groups is 1. The van der Waals surface area contributed by atoms with Gasteiger partial charge >= 0.3 is 23.9 Å². The third-order valence-electron chi connectivity index (χ3n) is 18.6. The predicted octanol–water partition coefficient (Wildman–Crippen LogP) is 4.87. The largest absolute Gasteiger partial charge is 0.462 e. The van der Waals surface area contributed by atoms with Crippen LogP contribution in [0.15, 0.2) is 54.1 Å². The minimum absolute atomic E-state index is 0.00720. The number of amides is 7. The summed E-state index contributed by atoms with van der Waals surface area (Å²) in [5.74, 6) is -6.70. The van der Waals surface area contributed by atoms with Gasteiger partial charge in [0.05, 0.1) is 86.7 Å². The number of aliphatic hydroxyl groups is 1. The van der Waals surface area contributed by atoms with Gasteiger partial charge in [0.15, 0.2) is 5.78 Å². The first kappa shape index (κ1) is 77.9. The number of methoxy groups -OCH3 is 1. The number of epoxide rings is 1. The van der Waals surface area contributed by atoms with Crippen LogP contribution in [0.5, 0.6) is 0 Å². The zero-order valence-electron chi connectivity index (χ0n) is 57.6. The maximum absolute atomic E-state index is 14.7. The SMILES string of the molecule is CO[C@@H]1/C=C/C=C(\C)Cc2cc(C)c(Cl)c(c2)N(C)C(=O)C[C@H](OC(=O)[C@H](C)N(C)C(=O)c2ccc(CC(=O)[C@H](CCCNC(N)=O)NC(=O)[C@@H](CC(=S)NCCOCCOCCC(=O)ON3C(=O)CCC3=O)C(C)C)c(N3CCOCC3)c2)[C@]2(C)O[C@H]2[C@H](C)[C@@H]2C[C@@]1(O)CC(=O)O2. The van der Waals surface area contributed by atoms with E-state index in [1.54, 1.807) is 51.2 Å². The molecule has 0 aromatic heterocycles. The second-order valence-corrected chi connectivity index (χ2v) is 27.1. The summed E-state index contributed by atoms with van der Waals surface area (Å²) < 4.78 is 41.1. The number of ketones is 1. The number of primary amides is 1. The maximum Gasteiger partial charge on any atom is 0.335 e. The molecule has 0 aliphatic carbocycles. The molecule has 27 nitrogen and oxygen atoms in total. The highest BCUT2D eigenvalue weighted by Gasteiger charge is 2.64. The van der Waals surface area contributed by atoms with E-state index in [0.717, 1.165) is 16.7 Å². The summed E-state index contributed by atoms with van der Waals surface area (Å²) in [5.41, 5.74) is 6.60. The number of imide groups is 1. The third-order valence-corrected chi connectivity index (χ3v) is 19.4. The van der Waals surface area contributed by atoms with Gasteiger partial charge in [-0.05, 0) is 87.8 Å². The fraction of sp³-hybridized carbons (Fsp3) is 0.609. The molecule has 7 amide bonds. The Morgan fingerprint density at radius 3 is 2.30 bits per heavy atom. The van der Waals surface area contributed by atoms with Crippen molar-refractivity contribution in [3.05, 3.63) is 81.4 Å². The number of morpholine rings is 1. The van der Waals surface area contributed by atoms with Crippen LogP contribution in [0, 0.1) is 24.7 Å². The van der Waals surface area contributed by atoms with Crippen LogP contribution in [0.1, 0.15) is 126 Å². The van der Waals surface area contributed by atoms with Gasteiger partial charge in [0, 0.05) is 103 Å². The van der Waals surface area contributed by atoms with Crippen molar-refractivity contribution in [2.24, 2.45) is 23.5 Å². The number of carbonyl (C=O) groups excluding carboxylic acids is 10. The Morgan fingerprint density at radius 1 is 0.929 bits per heavy atom. The van der Waals surface area contributed by atoms with E-state index < -0.39 is 119 Å². The second-order valence-electron chi connectivity index (χ2n) is 26.3. The maximum atomic E-state index is 14.7. The molecule has 4 saturated heterocycles. The summed E-state index contributed by atoms with van der Waals surface area (Å²) >= 11 is 12.6. The first-order valence-electron chi connectivity index (χ1n) is 33.2. The van der Waals surface area contributed by atoms with Gasteiger partial charge in [-0.2, -0.15) is 0 Å².